The van der Waals surface area contributed by atoms with Gasteiger partial charge in [-0.3, -0.25) is 0 Å². The molecule has 46 heavy (non-hydrogen) atoms. The average molecular weight is 669 g/mol. The number of aromatic nitrogens is 2. The molecule has 10 nitrogen and oxygen atoms in total. The van der Waals surface area contributed by atoms with E-state index in [2.05, 4.69) is 0 Å². The molecule has 0 radical (unpaired) electrons. The highest BCUT2D eigenvalue weighted by atomic mass is 32.2. The number of ether oxygens (including phenoxy) is 4. The SMILES string of the molecule is CCOC(=O)c1c(SCCSc2c(C(=O)OCC)c3cc(C)c(C)cn3c2C(=O)OCC)c(C(=O)OCC)n2cc(C)c(C)cc12. The molecular weight excluding hydrogens is 629 g/mol. The molecule has 0 saturated carbocycles. The van der Waals surface area contributed by atoms with E-state index < -0.39 is 23.9 Å². The van der Waals surface area contributed by atoms with Gasteiger partial charge in [0.15, 0.2) is 0 Å². The molecule has 4 aromatic heterocycles. The van der Waals surface area contributed by atoms with Gasteiger partial charge in [0.05, 0.1) is 58.4 Å². The second-order valence-electron chi connectivity index (χ2n) is 10.5. The lowest BCUT2D eigenvalue weighted by atomic mass is 10.1. The van der Waals surface area contributed by atoms with Crippen LogP contribution in [0.4, 0.5) is 0 Å². The van der Waals surface area contributed by atoms with E-state index in [1.54, 1.807) is 36.5 Å². The Kier molecular flexibility index (Phi) is 11.5. The summed E-state index contributed by atoms with van der Waals surface area (Å²) in [5, 5.41) is 0. The average Bonchev–Trinajstić information content (AvgIpc) is 3.47. The lowest BCUT2D eigenvalue weighted by Crippen LogP contribution is -2.11. The third-order valence-electron chi connectivity index (χ3n) is 7.47. The van der Waals surface area contributed by atoms with Crippen LogP contribution in [0, 0.1) is 27.7 Å². The Balaban J connectivity index is 1.80. The summed E-state index contributed by atoms with van der Waals surface area (Å²) in [4.78, 5) is 54.2. The highest BCUT2D eigenvalue weighted by molar-refractivity contribution is 8.03. The third kappa shape index (κ3) is 6.78. The van der Waals surface area contributed by atoms with Crippen molar-refractivity contribution in [3.05, 3.63) is 69.3 Å². The van der Waals surface area contributed by atoms with Crippen LogP contribution in [0.15, 0.2) is 34.3 Å². The number of nitrogens with zero attached hydrogens (tertiary/aromatic N) is 2. The molecular formula is C34H40N2O8S2. The van der Waals surface area contributed by atoms with E-state index in [9.17, 15) is 19.2 Å². The molecule has 4 aromatic rings. The first-order valence-corrected chi connectivity index (χ1v) is 17.2. The predicted octanol–water partition coefficient (Wildman–Crippen LogP) is 7.02. The van der Waals surface area contributed by atoms with Gasteiger partial charge in [-0.05, 0) is 89.8 Å². The number of pyridine rings is 2. The molecule has 0 aliphatic carbocycles. The fourth-order valence-corrected chi connectivity index (χ4v) is 7.48. The molecule has 0 aliphatic heterocycles. The van der Waals surface area contributed by atoms with E-state index in [1.807, 2.05) is 52.2 Å². The maximum atomic E-state index is 13.3. The summed E-state index contributed by atoms with van der Waals surface area (Å²) in [6.07, 6.45) is 3.65. The van der Waals surface area contributed by atoms with E-state index in [4.69, 9.17) is 18.9 Å². The Hall–Kier alpha value is -3.90. The molecule has 0 unspecified atom stereocenters. The molecule has 4 rings (SSSR count). The van der Waals surface area contributed by atoms with Gasteiger partial charge in [0.2, 0.25) is 0 Å². The predicted molar refractivity (Wildman–Crippen MR) is 179 cm³/mol. The molecule has 246 valence electrons. The van der Waals surface area contributed by atoms with Crippen molar-refractivity contribution in [3.63, 3.8) is 0 Å². The van der Waals surface area contributed by atoms with Crippen LogP contribution in [0.25, 0.3) is 11.0 Å². The van der Waals surface area contributed by atoms with Gasteiger partial charge in [-0.25, -0.2) is 19.2 Å². The fourth-order valence-electron chi connectivity index (χ4n) is 5.10. The Morgan fingerprint density at radius 1 is 0.543 bits per heavy atom. The van der Waals surface area contributed by atoms with Gasteiger partial charge in [-0.15, -0.1) is 23.5 Å². The maximum absolute atomic E-state index is 13.3. The van der Waals surface area contributed by atoms with Crippen molar-refractivity contribution in [3.8, 4) is 0 Å². The van der Waals surface area contributed by atoms with Crippen LogP contribution in [-0.4, -0.2) is 70.6 Å². The topological polar surface area (TPSA) is 114 Å². The minimum atomic E-state index is -0.551. The molecule has 4 heterocycles. The summed E-state index contributed by atoms with van der Waals surface area (Å²) in [7, 11) is 0. The van der Waals surface area contributed by atoms with Crippen LogP contribution in [0.3, 0.4) is 0 Å². The lowest BCUT2D eigenvalue weighted by Gasteiger charge is -2.09. The first-order chi connectivity index (χ1) is 22.0. The normalized spacial score (nSPS) is 11.2. The van der Waals surface area contributed by atoms with E-state index in [-0.39, 0.29) is 37.8 Å². The van der Waals surface area contributed by atoms with Gasteiger partial charge in [-0.2, -0.15) is 0 Å². The molecule has 0 bridgehead atoms. The van der Waals surface area contributed by atoms with Crippen molar-refractivity contribution < 1.29 is 38.1 Å². The summed E-state index contributed by atoms with van der Waals surface area (Å²) in [5.41, 5.74) is 6.00. The second kappa shape index (κ2) is 15.1. The number of esters is 4. The lowest BCUT2D eigenvalue weighted by molar-refractivity contribution is 0.0498. The Morgan fingerprint density at radius 2 is 0.870 bits per heavy atom. The van der Waals surface area contributed by atoms with E-state index in [0.29, 0.717) is 43.5 Å². The van der Waals surface area contributed by atoms with E-state index in [0.717, 1.165) is 22.3 Å². The number of carbonyl (C=O) groups excluding carboxylic acids is 4. The van der Waals surface area contributed by atoms with Crippen molar-refractivity contribution in [1.82, 2.24) is 8.80 Å². The van der Waals surface area contributed by atoms with E-state index in [1.165, 1.54) is 23.5 Å². The zero-order valence-electron chi connectivity index (χ0n) is 27.5. The number of carbonyl (C=O) groups is 4. The summed E-state index contributed by atoms with van der Waals surface area (Å²) < 4.78 is 25.1. The van der Waals surface area contributed by atoms with Gasteiger partial charge >= 0.3 is 23.9 Å². The Bertz CT molecular complexity index is 1570. The standard InChI is InChI=1S/C34H40N2O8S2/c1-9-41-31(37)25-23-15-19(5)21(7)17-35(23)27(33(39)43-11-3)29(25)45-13-14-46-30-26(32(38)42-10-2)24-16-20(6)22(8)18-36(24)28(30)34(40)44-12-4/h15-18H,9-14H2,1-8H3. The fraction of sp³-hybridized carbons (Fsp3) is 0.412. The minimum Gasteiger partial charge on any atom is -0.462 e. The van der Waals surface area contributed by atoms with Crippen LogP contribution in [0.2, 0.25) is 0 Å². The monoisotopic (exact) mass is 668 g/mol. The van der Waals surface area contributed by atoms with Crippen LogP contribution in [0.1, 0.15) is 91.6 Å². The molecule has 0 aliphatic rings. The summed E-state index contributed by atoms with van der Waals surface area (Å²) in [5.74, 6) is -1.35. The number of hydrogen-bond acceptors (Lipinski definition) is 10. The highest BCUT2D eigenvalue weighted by Gasteiger charge is 2.32. The number of aryl methyl sites for hydroxylation is 4. The summed E-state index contributed by atoms with van der Waals surface area (Å²) >= 11 is 2.63. The number of hydrogen-bond donors (Lipinski definition) is 0. The van der Waals surface area contributed by atoms with Crippen LogP contribution < -0.4 is 0 Å². The summed E-state index contributed by atoms with van der Waals surface area (Å²) in [6.45, 7) is 15.3. The maximum Gasteiger partial charge on any atom is 0.356 e. The molecule has 12 heteroatoms. The molecule has 0 fully saturated rings. The third-order valence-corrected chi connectivity index (χ3v) is 9.91. The van der Waals surface area contributed by atoms with Crippen LogP contribution in [-0.2, 0) is 18.9 Å². The van der Waals surface area contributed by atoms with Gasteiger partial charge in [-0.1, -0.05) is 0 Å². The number of fused-ring (bicyclic) bond motifs is 2. The second-order valence-corrected chi connectivity index (χ2v) is 12.7. The van der Waals surface area contributed by atoms with Crippen molar-refractivity contribution in [2.45, 2.75) is 65.2 Å². The minimum absolute atomic E-state index is 0.167. The van der Waals surface area contributed by atoms with Crippen molar-refractivity contribution in [1.29, 1.82) is 0 Å². The van der Waals surface area contributed by atoms with Gasteiger partial charge in [0.1, 0.15) is 11.4 Å². The molecule has 0 spiro atoms. The summed E-state index contributed by atoms with van der Waals surface area (Å²) in [6, 6.07) is 3.74. The van der Waals surface area contributed by atoms with Crippen molar-refractivity contribution in [2.24, 2.45) is 0 Å². The van der Waals surface area contributed by atoms with Crippen molar-refractivity contribution >= 4 is 58.4 Å². The molecule has 0 aromatic carbocycles. The smallest absolute Gasteiger partial charge is 0.356 e. The number of thioether (sulfide) groups is 2. The first kappa shape index (κ1) is 35.0. The largest absolute Gasteiger partial charge is 0.462 e. The van der Waals surface area contributed by atoms with Crippen LogP contribution in [0.5, 0.6) is 0 Å². The first-order valence-electron chi connectivity index (χ1n) is 15.2. The van der Waals surface area contributed by atoms with Gasteiger partial charge in [0.25, 0.3) is 0 Å². The van der Waals surface area contributed by atoms with Gasteiger partial charge < -0.3 is 27.7 Å². The number of rotatable bonds is 13. The van der Waals surface area contributed by atoms with E-state index >= 15 is 0 Å². The zero-order chi connectivity index (χ0) is 33.7. The Morgan fingerprint density at radius 3 is 1.20 bits per heavy atom. The quantitative estimate of drug-likeness (QED) is 0.0638. The zero-order valence-corrected chi connectivity index (χ0v) is 29.2. The molecule has 0 atom stereocenters. The van der Waals surface area contributed by atoms with Crippen molar-refractivity contribution in [2.75, 3.05) is 37.9 Å². The molecule has 0 saturated heterocycles. The Labute approximate surface area is 277 Å². The molecule has 0 N–H and O–H groups in total. The molecule has 0 amide bonds. The van der Waals surface area contributed by atoms with Gasteiger partial charge in [0, 0.05) is 23.9 Å². The van der Waals surface area contributed by atoms with Crippen LogP contribution >= 0.6 is 23.5 Å². The highest BCUT2D eigenvalue weighted by Crippen LogP contribution is 2.38.